The first-order chi connectivity index (χ1) is 8.17. The fourth-order valence-electron chi connectivity index (χ4n) is 1.87. The number of methoxy groups -OCH3 is 1. The minimum absolute atomic E-state index is 0.253. The Hall–Kier alpha value is -1.73. The molecule has 2 rings (SSSR count). The Morgan fingerprint density at radius 3 is 2.88 bits per heavy atom. The predicted octanol–water partition coefficient (Wildman–Crippen LogP) is 1.96. The minimum atomic E-state index is -0.259. The Morgan fingerprint density at radius 1 is 1.65 bits per heavy atom. The molecule has 0 bridgehead atoms. The van der Waals surface area contributed by atoms with Crippen LogP contribution in [0.2, 0.25) is 5.02 Å². The fourth-order valence-corrected chi connectivity index (χ4v) is 2.16. The molecule has 0 saturated carbocycles. The zero-order valence-electron chi connectivity index (χ0n) is 9.31. The van der Waals surface area contributed by atoms with E-state index in [0.29, 0.717) is 10.6 Å². The highest BCUT2D eigenvalue weighted by Gasteiger charge is 2.36. The van der Waals surface area contributed by atoms with Crippen LogP contribution in [0.1, 0.15) is 12.0 Å². The van der Waals surface area contributed by atoms with Crippen LogP contribution in [-0.4, -0.2) is 25.7 Å². The number of nitriles is 1. The molecule has 0 N–H and O–H groups in total. The van der Waals surface area contributed by atoms with Gasteiger partial charge in [-0.05, 0) is 24.6 Å². The third-order valence-corrected chi connectivity index (χ3v) is 3.18. The highest BCUT2D eigenvalue weighted by Crippen LogP contribution is 2.33. The van der Waals surface area contributed by atoms with Crippen molar-refractivity contribution in [3.05, 3.63) is 28.8 Å². The highest BCUT2D eigenvalue weighted by molar-refractivity contribution is 6.33. The lowest BCUT2D eigenvalue weighted by Gasteiger charge is -2.41. The lowest BCUT2D eigenvalue weighted by Crippen LogP contribution is -2.53. The number of rotatable bonds is 2. The van der Waals surface area contributed by atoms with Gasteiger partial charge in [0.05, 0.1) is 29.5 Å². The van der Waals surface area contributed by atoms with E-state index in [1.54, 1.807) is 18.2 Å². The van der Waals surface area contributed by atoms with E-state index in [1.807, 2.05) is 11.0 Å². The average molecular weight is 251 g/mol. The van der Waals surface area contributed by atoms with Crippen LogP contribution >= 0.6 is 11.6 Å². The SMILES string of the molecule is COC(=O)C1CCN1c1ccc(C#N)cc1Cl. The number of carbonyl (C=O) groups is 1. The number of hydrogen-bond donors (Lipinski definition) is 0. The molecule has 1 unspecified atom stereocenters. The van der Waals surface area contributed by atoms with Gasteiger partial charge in [-0.2, -0.15) is 5.26 Å². The molecule has 0 spiro atoms. The molecule has 0 radical (unpaired) electrons. The van der Waals surface area contributed by atoms with Gasteiger partial charge < -0.3 is 9.64 Å². The molecule has 1 aliphatic rings. The maximum absolute atomic E-state index is 11.5. The first-order valence-electron chi connectivity index (χ1n) is 5.21. The number of nitrogens with zero attached hydrogens (tertiary/aromatic N) is 2. The zero-order valence-corrected chi connectivity index (χ0v) is 10.1. The molecular weight excluding hydrogens is 240 g/mol. The molecule has 1 aromatic carbocycles. The maximum atomic E-state index is 11.5. The monoisotopic (exact) mass is 250 g/mol. The summed E-state index contributed by atoms with van der Waals surface area (Å²) in [6, 6.07) is 6.81. The molecular formula is C12H11ClN2O2. The normalized spacial score (nSPS) is 18.2. The van der Waals surface area contributed by atoms with Crippen molar-refractivity contribution in [3.8, 4) is 6.07 Å². The van der Waals surface area contributed by atoms with E-state index in [2.05, 4.69) is 0 Å². The second kappa shape index (κ2) is 4.64. The Labute approximate surface area is 104 Å². The topological polar surface area (TPSA) is 53.3 Å². The summed E-state index contributed by atoms with van der Waals surface area (Å²) in [5, 5.41) is 9.23. The average Bonchev–Trinajstić information content (AvgIpc) is 2.30. The van der Waals surface area contributed by atoms with Crippen LogP contribution in [0.15, 0.2) is 18.2 Å². The maximum Gasteiger partial charge on any atom is 0.328 e. The predicted molar refractivity (Wildman–Crippen MR) is 63.9 cm³/mol. The van der Waals surface area contributed by atoms with Crippen molar-refractivity contribution in [1.82, 2.24) is 0 Å². The van der Waals surface area contributed by atoms with Gasteiger partial charge in [-0.1, -0.05) is 11.6 Å². The van der Waals surface area contributed by atoms with Crippen LogP contribution < -0.4 is 4.90 Å². The number of halogens is 1. The van der Waals surface area contributed by atoms with Gasteiger partial charge in [-0.3, -0.25) is 0 Å². The van der Waals surface area contributed by atoms with E-state index >= 15 is 0 Å². The van der Waals surface area contributed by atoms with E-state index < -0.39 is 0 Å². The number of carbonyl (C=O) groups excluding carboxylic acids is 1. The summed E-state index contributed by atoms with van der Waals surface area (Å²) >= 11 is 6.08. The summed E-state index contributed by atoms with van der Waals surface area (Å²) in [6.07, 6.45) is 0.767. The van der Waals surface area contributed by atoms with Crippen LogP contribution in [0.5, 0.6) is 0 Å². The standard InChI is InChI=1S/C12H11ClN2O2/c1-17-12(16)11-4-5-15(11)10-3-2-8(7-14)6-9(10)13/h2-3,6,11H,4-5H2,1H3. The van der Waals surface area contributed by atoms with Gasteiger partial charge in [0.1, 0.15) is 6.04 Å². The van der Waals surface area contributed by atoms with Crippen molar-refractivity contribution in [3.63, 3.8) is 0 Å². The first kappa shape index (κ1) is 11.7. The molecule has 1 atom stereocenters. The lowest BCUT2D eigenvalue weighted by molar-refractivity contribution is -0.143. The lowest BCUT2D eigenvalue weighted by atomic mass is 10.0. The van der Waals surface area contributed by atoms with Crippen LogP contribution in [0, 0.1) is 11.3 Å². The van der Waals surface area contributed by atoms with Crippen molar-refractivity contribution in [1.29, 1.82) is 5.26 Å². The summed E-state index contributed by atoms with van der Waals surface area (Å²) in [4.78, 5) is 13.3. The molecule has 4 nitrogen and oxygen atoms in total. The van der Waals surface area contributed by atoms with Crippen molar-refractivity contribution in [2.24, 2.45) is 0 Å². The quantitative estimate of drug-likeness (QED) is 0.753. The molecule has 0 aliphatic carbocycles. The van der Waals surface area contributed by atoms with Crippen LogP contribution in [0.3, 0.4) is 0 Å². The van der Waals surface area contributed by atoms with Gasteiger partial charge >= 0.3 is 5.97 Å². The van der Waals surface area contributed by atoms with Gasteiger partial charge in [0.15, 0.2) is 0 Å². The number of esters is 1. The summed E-state index contributed by atoms with van der Waals surface area (Å²) in [5.74, 6) is -0.253. The first-order valence-corrected chi connectivity index (χ1v) is 5.59. The Balaban J connectivity index is 2.24. The number of benzene rings is 1. The van der Waals surface area contributed by atoms with Crippen molar-refractivity contribution in [2.75, 3.05) is 18.6 Å². The Kier molecular flexibility index (Phi) is 3.21. The van der Waals surface area contributed by atoms with Crippen LogP contribution in [0.4, 0.5) is 5.69 Å². The number of anilines is 1. The summed E-state index contributed by atoms with van der Waals surface area (Å²) in [5.41, 5.74) is 1.28. The van der Waals surface area contributed by atoms with E-state index in [-0.39, 0.29) is 12.0 Å². The Bertz CT molecular complexity index is 496. The third-order valence-electron chi connectivity index (χ3n) is 2.88. The highest BCUT2D eigenvalue weighted by atomic mass is 35.5. The smallest absolute Gasteiger partial charge is 0.328 e. The molecule has 0 aromatic heterocycles. The number of hydrogen-bond acceptors (Lipinski definition) is 4. The summed E-state index contributed by atoms with van der Waals surface area (Å²) < 4.78 is 4.71. The van der Waals surface area contributed by atoms with Gasteiger partial charge in [0.25, 0.3) is 0 Å². The second-order valence-corrected chi connectivity index (χ2v) is 4.21. The molecule has 1 aliphatic heterocycles. The van der Waals surface area contributed by atoms with Crippen molar-refractivity contribution in [2.45, 2.75) is 12.5 Å². The van der Waals surface area contributed by atoms with Crippen molar-refractivity contribution >= 4 is 23.3 Å². The molecule has 1 heterocycles. The van der Waals surface area contributed by atoms with E-state index in [1.165, 1.54) is 7.11 Å². The van der Waals surface area contributed by atoms with Crippen molar-refractivity contribution < 1.29 is 9.53 Å². The van der Waals surface area contributed by atoms with Gasteiger partial charge in [0, 0.05) is 6.54 Å². The van der Waals surface area contributed by atoms with Crippen LogP contribution in [-0.2, 0) is 9.53 Å². The summed E-state index contributed by atoms with van der Waals surface area (Å²) in [6.45, 7) is 0.769. The van der Waals surface area contributed by atoms with E-state index in [0.717, 1.165) is 18.7 Å². The molecule has 17 heavy (non-hydrogen) atoms. The summed E-state index contributed by atoms with van der Waals surface area (Å²) in [7, 11) is 1.37. The van der Waals surface area contributed by atoms with E-state index in [4.69, 9.17) is 21.6 Å². The second-order valence-electron chi connectivity index (χ2n) is 3.80. The van der Waals surface area contributed by atoms with Gasteiger partial charge in [0.2, 0.25) is 0 Å². The molecule has 88 valence electrons. The minimum Gasteiger partial charge on any atom is -0.467 e. The fraction of sp³-hybridized carbons (Fsp3) is 0.333. The zero-order chi connectivity index (χ0) is 12.4. The third kappa shape index (κ3) is 2.06. The van der Waals surface area contributed by atoms with Gasteiger partial charge in [-0.15, -0.1) is 0 Å². The van der Waals surface area contributed by atoms with E-state index in [9.17, 15) is 4.79 Å². The van der Waals surface area contributed by atoms with Gasteiger partial charge in [-0.25, -0.2) is 4.79 Å². The largest absolute Gasteiger partial charge is 0.467 e. The Morgan fingerprint density at radius 2 is 2.41 bits per heavy atom. The molecule has 5 heteroatoms. The molecule has 1 saturated heterocycles. The number of ether oxygens (including phenoxy) is 1. The van der Waals surface area contributed by atoms with Crippen LogP contribution in [0.25, 0.3) is 0 Å². The molecule has 1 fully saturated rings. The molecule has 0 amide bonds. The molecule has 1 aromatic rings.